The van der Waals surface area contributed by atoms with Crippen LogP contribution in [0.5, 0.6) is 0 Å². The van der Waals surface area contributed by atoms with Gasteiger partial charge in [0, 0.05) is 11.6 Å². The van der Waals surface area contributed by atoms with Crippen molar-refractivity contribution in [2.75, 3.05) is 6.54 Å². The van der Waals surface area contributed by atoms with E-state index in [2.05, 4.69) is 29.6 Å². The van der Waals surface area contributed by atoms with Crippen LogP contribution in [-0.4, -0.2) is 18.2 Å². The zero-order valence-corrected chi connectivity index (χ0v) is 15.6. The van der Waals surface area contributed by atoms with Crippen molar-refractivity contribution in [1.29, 1.82) is 0 Å². The van der Waals surface area contributed by atoms with E-state index in [1.54, 1.807) is 0 Å². The first-order valence-electron chi connectivity index (χ1n) is 8.64. The lowest BCUT2D eigenvalue weighted by Gasteiger charge is -2.19. The van der Waals surface area contributed by atoms with Crippen LogP contribution in [0, 0.1) is 5.92 Å². The lowest BCUT2D eigenvalue weighted by atomic mass is 10.0. The van der Waals surface area contributed by atoms with Crippen molar-refractivity contribution in [1.82, 2.24) is 5.32 Å². The number of ether oxygens (including phenoxy) is 1. The van der Waals surface area contributed by atoms with Crippen molar-refractivity contribution >= 4 is 17.7 Å². The van der Waals surface area contributed by atoms with E-state index in [4.69, 9.17) is 16.3 Å². The number of rotatable bonds is 4. The van der Waals surface area contributed by atoms with Crippen molar-refractivity contribution in [2.24, 2.45) is 5.92 Å². The summed E-state index contributed by atoms with van der Waals surface area (Å²) in [6, 6.07) is 16.5. The lowest BCUT2D eigenvalue weighted by Crippen LogP contribution is -2.33. The summed E-state index contributed by atoms with van der Waals surface area (Å²) >= 11 is 5.97. The van der Waals surface area contributed by atoms with Crippen LogP contribution in [0.25, 0.3) is 11.1 Å². The fourth-order valence-electron chi connectivity index (χ4n) is 3.00. The van der Waals surface area contributed by atoms with E-state index >= 15 is 0 Å². The van der Waals surface area contributed by atoms with Gasteiger partial charge in [0.15, 0.2) is 0 Å². The van der Waals surface area contributed by atoms with Crippen LogP contribution >= 0.6 is 11.6 Å². The molecule has 2 aromatic rings. The molecule has 0 bridgehead atoms. The summed E-state index contributed by atoms with van der Waals surface area (Å²) in [4.78, 5) is 11.8. The molecule has 0 heterocycles. The van der Waals surface area contributed by atoms with Gasteiger partial charge in [0.2, 0.25) is 0 Å². The summed E-state index contributed by atoms with van der Waals surface area (Å²) in [6.45, 7) is 6.27. The van der Waals surface area contributed by atoms with Gasteiger partial charge < -0.3 is 10.1 Å². The number of benzene rings is 2. The first kappa shape index (κ1) is 17.8. The number of amides is 1. The molecule has 3 rings (SSSR count). The van der Waals surface area contributed by atoms with E-state index in [1.807, 2.05) is 45.0 Å². The molecular weight excluding hydrogens is 334 g/mol. The third-order valence-corrected chi connectivity index (χ3v) is 4.57. The van der Waals surface area contributed by atoms with Gasteiger partial charge in [-0.05, 0) is 67.9 Å². The molecule has 4 heteroatoms. The van der Waals surface area contributed by atoms with E-state index in [0.29, 0.717) is 18.4 Å². The van der Waals surface area contributed by atoms with E-state index in [-0.39, 0.29) is 6.09 Å². The Morgan fingerprint density at radius 3 is 2.56 bits per heavy atom. The molecule has 1 fully saturated rings. The maximum Gasteiger partial charge on any atom is 0.407 e. The Labute approximate surface area is 154 Å². The molecule has 0 spiro atoms. The first-order chi connectivity index (χ1) is 11.8. The van der Waals surface area contributed by atoms with Gasteiger partial charge in [-0.15, -0.1) is 0 Å². The summed E-state index contributed by atoms with van der Waals surface area (Å²) in [5.41, 5.74) is 3.22. The molecule has 0 aliphatic heterocycles. The van der Waals surface area contributed by atoms with Crippen LogP contribution in [0.3, 0.4) is 0 Å². The molecule has 1 amide bonds. The zero-order valence-electron chi connectivity index (χ0n) is 14.9. The maximum atomic E-state index is 11.8. The molecule has 2 unspecified atom stereocenters. The third-order valence-electron chi connectivity index (χ3n) is 4.32. The molecule has 1 N–H and O–H groups in total. The fourth-order valence-corrected chi connectivity index (χ4v) is 3.13. The van der Waals surface area contributed by atoms with Crippen molar-refractivity contribution in [3.63, 3.8) is 0 Å². The van der Waals surface area contributed by atoms with Gasteiger partial charge in [0.05, 0.1) is 0 Å². The van der Waals surface area contributed by atoms with E-state index < -0.39 is 5.60 Å². The Balaban J connectivity index is 1.58. The van der Waals surface area contributed by atoms with Crippen LogP contribution in [0.2, 0.25) is 5.02 Å². The van der Waals surface area contributed by atoms with Crippen molar-refractivity contribution in [2.45, 2.75) is 38.7 Å². The summed E-state index contributed by atoms with van der Waals surface area (Å²) in [7, 11) is 0. The number of hydrogen-bond donors (Lipinski definition) is 1. The summed E-state index contributed by atoms with van der Waals surface area (Å²) in [5.74, 6) is 0.982. The molecule has 2 aromatic carbocycles. The topological polar surface area (TPSA) is 38.3 Å². The fraction of sp³-hybridized carbons (Fsp3) is 0.381. The Bertz CT molecular complexity index is 749. The number of nitrogens with one attached hydrogen (secondary N) is 1. The standard InChI is InChI=1S/C21H24ClNO2/c1-21(2,3)25-20(24)23-13-17-12-19(17)16-6-4-5-15(11-16)14-7-9-18(22)10-8-14/h4-11,17,19H,12-13H2,1-3H3,(H,23,24). The Hall–Kier alpha value is -2.00. The minimum absolute atomic E-state index is 0.340. The average molecular weight is 358 g/mol. The molecule has 0 radical (unpaired) electrons. The normalized spacial score (nSPS) is 19.4. The van der Waals surface area contributed by atoms with Crippen LogP contribution in [0.15, 0.2) is 48.5 Å². The lowest BCUT2D eigenvalue weighted by molar-refractivity contribution is 0.0525. The third kappa shape index (κ3) is 4.99. The van der Waals surface area contributed by atoms with Gasteiger partial charge in [0.1, 0.15) is 5.60 Å². The quantitative estimate of drug-likeness (QED) is 0.769. The SMILES string of the molecule is CC(C)(C)OC(=O)NCC1CC1c1cccc(-c2ccc(Cl)cc2)c1. The van der Waals surface area contributed by atoms with Gasteiger partial charge in [-0.3, -0.25) is 0 Å². The van der Waals surface area contributed by atoms with Crippen LogP contribution in [0.1, 0.15) is 38.7 Å². The molecule has 0 saturated heterocycles. The van der Waals surface area contributed by atoms with Crippen LogP contribution in [0.4, 0.5) is 4.79 Å². The van der Waals surface area contributed by atoms with Crippen molar-refractivity contribution < 1.29 is 9.53 Å². The Morgan fingerprint density at radius 2 is 1.88 bits per heavy atom. The molecule has 1 aliphatic rings. The van der Waals surface area contributed by atoms with Crippen molar-refractivity contribution in [3.8, 4) is 11.1 Å². The van der Waals surface area contributed by atoms with Crippen LogP contribution < -0.4 is 5.32 Å². The molecule has 1 aliphatic carbocycles. The Morgan fingerprint density at radius 1 is 1.16 bits per heavy atom. The number of hydrogen-bond acceptors (Lipinski definition) is 2. The van der Waals surface area contributed by atoms with Crippen LogP contribution in [-0.2, 0) is 4.74 Å². The highest BCUT2D eigenvalue weighted by atomic mass is 35.5. The van der Waals surface area contributed by atoms with E-state index in [1.165, 1.54) is 11.1 Å². The molecule has 2 atom stereocenters. The molecule has 132 valence electrons. The van der Waals surface area contributed by atoms with Gasteiger partial charge in [-0.1, -0.05) is 48.0 Å². The van der Waals surface area contributed by atoms with Crippen molar-refractivity contribution in [3.05, 3.63) is 59.1 Å². The second-order valence-corrected chi connectivity index (χ2v) is 8.05. The van der Waals surface area contributed by atoms with Gasteiger partial charge in [-0.25, -0.2) is 4.79 Å². The molecular formula is C21H24ClNO2. The number of carbonyl (C=O) groups excluding carboxylic acids is 1. The molecule has 0 aromatic heterocycles. The number of halogens is 1. The highest BCUT2D eigenvalue weighted by Crippen LogP contribution is 2.47. The number of carbonyl (C=O) groups is 1. The number of alkyl carbamates (subject to hydrolysis) is 1. The van der Waals surface area contributed by atoms with E-state index in [0.717, 1.165) is 17.0 Å². The highest BCUT2D eigenvalue weighted by molar-refractivity contribution is 6.30. The zero-order chi connectivity index (χ0) is 18.0. The Kier molecular flexibility index (Phi) is 5.05. The summed E-state index contributed by atoms with van der Waals surface area (Å²) in [5, 5.41) is 3.62. The highest BCUT2D eigenvalue weighted by Gasteiger charge is 2.38. The average Bonchev–Trinajstić information content (AvgIpc) is 3.32. The maximum absolute atomic E-state index is 11.8. The van der Waals surface area contributed by atoms with Gasteiger partial charge >= 0.3 is 6.09 Å². The largest absolute Gasteiger partial charge is 0.444 e. The minimum atomic E-state index is -0.458. The summed E-state index contributed by atoms with van der Waals surface area (Å²) < 4.78 is 5.28. The van der Waals surface area contributed by atoms with Gasteiger partial charge in [0.25, 0.3) is 0 Å². The smallest absolute Gasteiger partial charge is 0.407 e. The monoisotopic (exact) mass is 357 g/mol. The second-order valence-electron chi connectivity index (χ2n) is 7.62. The molecule has 25 heavy (non-hydrogen) atoms. The minimum Gasteiger partial charge on any atom is -0.444 e. The predicted molar refractivity (Wildman–Crippen MR) is 102 cm³/mol. The molecule has 1 saturated carbocycles. The van der Waals surface area contributed by atoms with E-state index in [9.17, 15) is 4.79 Å². The predicted octanol–water partition coefficient (Wildman–Crippen LogP) is 5.64. The molecule has 3 nitrogen and oxygen atoms in total. The summed E-state index contributed by atoms with van der Waals surface area (Å²) in [6.07, 6.45) is 0.757. The first-order valence-corrected chi connectivity index (χ1v) is 9.02. The second kappa shape index (κ2) is 7.09. The van der Waals surface area contributed by atoms with Gasteiger partial charge in [-0.2, -0.15) is 0 Å².